The normalized spacial score (nSPS) is 27.3. The van der Waals surface area contributed by atoms with Crippen LogP contribution in [0.2, 0.25) is 0 Å². The summed E-state index contributed by atoms with van der Waals surface area (Å²) in [5.74, 6) is -3.25. The van der Waals surface area contributed by atoms with Crippen molar-refractivity contribution < 1.29 is 35.6 Å². The Morgan fingerprint density at radius 3 is 2.65 bits per heavy atom. The van der Waals surface area contributed by atoms with E-state index in [-0.39, 0.29) is 19.4 Å². The number of carbonyl (C=O) groups excluding carboxylic acids is 1. The summed E-state index contributed by atoms with van der Waals surface area (Å²) < 4.78 is 66.2. The zero-order chi connectivity index (χ0) is 15.1. The van der Waals surface area contributed by atoms with Gasteiger partial charge >= 0.3 is 16.4 Å². The number of piperidine rings is 1. The van der Waals surface area contributed by atoms with E-state index in [1.54, 1.807) is 0 Å². The van der Waals surface area contributed by atoms with Crippen LogP contribution in [0.5, 0.6) is 0 Å². The molecule has 0 radical (unpaired) electrons. The van der Waals surface area contributed by atoms with Gasteiger partial charge in [-0.2, -0.15) is 13.5 Å². The maximum atomic E-state index is 13.9. The molecule has 2 amide bonds. The minimum atomic E-state index is -4.88. The molecule has 2 saturated heterocycles. The Balaban J connectivity index is 2.18. The molecule has 2 fully saturated rings. The fraction of sp³-hybridized carbons (Fsp3) is 0.889. The van der Waals surface area contributed by atoms with E-state index in [4.69, 9.17) is 4.55 Å². The van der Waals surface area contributed by atoms with Crippen LogP contribution in [-0.4, -0.2) is 67.2 Å². The fourth-order valence-electron chi connectivity index (χ4n) is 2.56. The van der Waals surface area contributed by atoms with Gasteiger partial charge in [0.15, 0.2) is 0 Å². The molecule has 0 unspecified atom stereocenters. The summed E-state index contributed by atoms with van der Waals surface area (Å²) in [5, 5.41) is 0.429. The van der Waals surface area contributed by atoms with E-state index in [1.807, 2.05) is 0 Å². The molecule has 0 saturated carbocycles. The van der Waals surface area contributed by atoms with Gasteiger partial charge < -0.3 is 9.64 Å². The van der Waals surface area contributed by atoms with E-state index in [9.17, 15) is 22.0 Å². The third kappa shape index (κ3) is 2.85. The second-order valence-electron chi connectivity index (χ2n) is 4.70. The van der Waals surface area contributed by atoms with Crippen LogP contribution in [0.15, 0.2) is 0 Å². The SMILES string of the molecule is COCC(F)(F)[C@@H]1CC[C@@H]2CN1C(=O)N2OS(=O)(=O)O. The van der Waals surface area contributed by atoms with Crippen molar-refractivity contribution in [2.24, 2.45) is 0 Å². The van der Waals surface area contributed by atoms with Crippen LogP contribution < -0.4 is 0 Å². The smallest absolute Gasteiger partial charge is 0.378 e. The van der Waals surface area contributed by atoms with Crippen LogP contribution in [0.25, 0.3) is 0 Å². The Morgan fingerprint density at radius 1 is 1.45 bits per heavy atom. The number of fused-ring (bicyclic) bond motifs is 2. The van der Waals surface area contributed by atoms with Gasteiger partial charge in [0.25, 0.3) is 5.92 Å². The number of hydrogen-bond donors (Lipinski definition) is 1. The lowest BCUT2D eigenvalue weighted by molar-refractivity contribution is -0.118. The molecule has 1 N–H and O–H groups in total. The average Bonchev–Trinajstić information content (AvgIpc) is 2.52. The summed E-state index contributed by atoms with van der Waals surface area (Å²) in [6.45, 7) is -0.927. The molecule has 0 aliphatic carbocycles. The number of halogens is 2. The highest BCUT2D eigenvalue weighted by Gasteiger charge is 2.55. The molecule has 2 aliphatic heterocycles. The van der Waals surface area contributed by atoms with Crippen molar-refractivity contribution in [2.45, 2.75) is 30.8 Å². The van der Waals surface area contributed by atoms with E-state index in [1.165, 1.54) is 0 Å². The average molecular weight is 316 g/mol. The number of alkyl halides is 2. The monoisotopic (exact) mass is 316 g/mol. The lowest BCUT2D eigenvalue weighted by atomic mass is 9.96. The lowest BCUT2D eigenvalue weighted by Gasteiger charge is -2.35. The van der Waals surface area contributed by atoms with Crippen LogP contribution >= 0.6 is 0 Å². The second kappa shape index (κ2) is 5.06. The quantitative estimate of drug-likeness (QED) is 0.731. The minimum absolute atomic E-state index is 0.0158. The molecule has 2 aliphatic rings. The van der Waals surface area contributed by atoms with Crippen molar-refractivity contribution in [2.75, 3.05) is 20.3 Å². The number of urea groups is 1. The highest BCUT2D eigenvalue weighted by Crippen LogP contribution is 2.37. The first-order valence-corrected chi connectivity index (χ1v) is 7.16. The van der Waals surface area contributed by atoms with Gasteiger partial charge in [-0.3, -0.25) is 4.55 Å². The molecule has 0 spiro atoms. The lowest BCUT2D eigenvalue weighted by Crippen LogP contribution is -2.52. The van der Waals surface area contributed by atoms with Gasteiger partial charge in [-0.1, -0.05) is 0 Å². The number of ether oxygens (including phenoxy) is 1. The van der Waals surface area contributed by atoms with Crippen LogP contribution in [0.4, 0.5) is 13.6 Å². The number of carbonyl (C=O) groups is 1. The molecule has 2 bridgehead atoms. The topological polar surface area (TPSA) is 96.4 Å². The van der Waals surface area contributed by atoms with Crippen molar-refractivity contribution in [1.29, 1.82) is 0 Å². The molecule has 8 nitrogen and oxygen atoms in total. The highest BCUT2D eigenvalue weighted by atomic mass is 32.3. The summed E-state index contributed by atoms with van der Waals surface area (Å²) in [4.78, 5) is 12.7. The number of methoxy groups -OCH3 is 1. The van der Waals surface area contributed by atoms with E-state index < -0.39 is 41.0 Å². The van der Waals surface area contributed by atoms with E-state index >= 15 is 0 Å². The third-order valence-corrected chi connectivity index (χ3v) is 3.67. The number of hydrogen-bond acceptors (Lipinski definition) is 5. The molecular weight excluding hydrogens is 302 g/mol. The Bertz CT molecular complexity index is 499. The molecule has 2 heterocycles. The molecule has 20 heavy (non-hydrogen) atoms. The Kier molecular flexibility index (Phi) is 3.88. The molecule has 0 aromatic carbocycles. The number of rotatable bonds is 5. The Hall–Kier alpha value is -1.04. The highest BCUT2D eigenvalue weighted by molar-refractivity contribution is 7.80. The molecular formula is C9H14F2N2O6S. The number of hydroxylamine groups is 2. The van der Waals surface area contributed by atoms with Crippen LogP contribution in [0, 0.1) is 0 Å². The standard InChI is InChI=1S/C9H14F2N2O6S/c1-18-5-9(10,11)7-3-2-6-4-12(7)8(14)13(6)19-20(15,16)17/h6-7H,2-5H2,1H3,(H,15,16,17)/t6-,7+/m1/s1. The molecule has 2 rings (SSSR count). The largest absolute Gasteiger partial charge is 0.418 e. The zero-order valence-electron chi connectivity index (χ0n) is 10.5. The predicted octanol–water partition coefficient (Wildman–Crippen LogP) is 0.271. The van der Waals surface area contributed by atoms with Gasteiger partial charge in [-0.25, -0.2) is 13.6 Å². The van der Waals surface area contributed by atoms with Crippen LogP contribution in [0.1, 0.15) is 12.8 Å². The summed E-state index contributed by atoms with van der Waals surface area (Å²) in [7, 11) is -3.75. The Morgan fingerprint density at radius 2 is 2.10 bits per heavy atom. The van der Waals surface area contributed by atoms with Crippen molar-refractivity contribution >= 4 is 16.4 Å². The first-order chi connectivity index (χ1) is 9.15. The van der Waals surface area contributed by atoms with Crippen LogP contribution in [0.3, 0.4) is 0 Å². The minimum Gasteiger partial charge on any atom is -0.378 e. The zero-order valence-corrected chi connectivity index (χ0v) is 11.3. The summed E-state index contributed by atoms with van der Waals surface area (Å²) in [5.41, 5.74) is 0. The van der Waals surface area contributed by atoms with Crippen molar-refractivity contribution in [3.05, 3.63) is 0 Å². The summed E-state index contributed by atoms with van der Waals surface area (Å²) >= 11 is 0. The molecule has 11 heteroatoms. The van der Waals surface area contributed by atoms with Crippen molar-refractivity contribution in [3.63, 3.8) is 0 Å². The van der Waals surface area contributed by atoms with Crippen molar-refractivity contribution in [1.82, 2.24) is 9.96 Å². The fourth-order valence-corrected chi connectivity index (χ4v) is 2.95. The molecule has 0 aromatic heterocycles. The van der Waals surface area contributed by atoms with E-state index in [0.717, 1.165) is 12.0 Å². The predicted molar refractivity (Wildman–Crippen MR) is 60.2 cm³/mol. The van der Waals surface area contributed by atoms with E-state index in [2.05, 4.69) is 9.02 Å². The summed E-state index contributed by atoms with van der Waals surface area (Å²) in [6, 6.07) is -3.08. The van der Waals surface area contributed by atoms with Crippen LogP contribution in [-0.2, 0) is 19.4 Å². The maximum Gasteiger partial charge on any atom is 0.418 e. The van der Waals surface area contributed by atoms with Gasteiger partial charge in [-0.15, -0.1) is 4.28 Å². The van der Waals surface area contributed by atoms with Gasteiger partial charge in [0.1, 0.15) is 6.61 Å². The van der Waals surface area contributed by atoms with Crippen molar-refractivity contribution in [3.8, 4) is 0 Å². The van der Waals surface area contributed by atoms with Gasteiger partial charge in [-0.05, 0) is 12.8 Å². The second-order valence-corrected chi connectivity index (χ2v) is 5.71. The number of nitrogens with zero attached hydrogens (tertiary/aromatic N) is 2. The third-order valence-electron chi connectivity index (χ3n) is 3.32. The number of amides is 2. The molecule has 116 valence electrons. The summed E-state index contributed by atoms with van der Waals surface area (Å²) in [6.07, 6.45) is 0.125. The van der Waals surface area contributed by atoms with Gasteiger partial charge in [0.05, 0.1) is 12.1 Å². The first kappa shape index (κ1) is 15.4. The Labute approximate surface area is 114 Å². The molecule has 0 aromatic rings. The molecule has 2 atom stereocenters. The first-order valence-electron chi connectivity index (χ1n) is 5.79. The van der Waals surface area contributed by atoms with Gasteiger partial charge in [0.2, 0.25) is 0 Å². The van der Waals surface area contributed by atoms with E-state index in [0.29, 0.717) is 5.06 Å². The maximum absolute atomic E-state index is 13.9. The van der Waals surface area contributed by atoms with Gasteiger partial charge in [0, 0.05) is 13.7 Å².